The molecule has 1 aromatic rings. The van der Waals surface area contributed by atoms with Crippen LogP contribution in [0.15, 0.2) is 22.7 Å². The summed E-state index contributed by atoms with van der Waals surface area (Å²) in [6, 6.07) is 3.41. The molecule has 1 saturated heterocycles. The van der Waals surface area contributed by atoms with Crippen molar-refractivity contribution in [2.24, 2.45) is 0 Å². The Morgan fingerprint density at radius 3 is 2.67 bits per heavy atom. The van der Waals surface area contributed by atoms with Gasteiger partial charge in [0.25, 0.3) is 0 Å². The number of carbonyl (C=O) groups excluding carboxylic acids is 1. The lowest BCUT2D eigenvalue weighted by molar-refractivity contribution is -0.138. The largest absolute Gasteiger partial charge is 0.417 e. The van der Waals surface area contributed by atoms with E-state index in [2.05, 4.69) is 21.2 Å². The van der Waals surface area contributed by atoms with E-state index in [1.807, 2.05) is 0 Å². The third-order valence-electron chi connectivity index (χ3n) is 2.65. The molecule has 0 radical (unpaired) electrons. The zero-order valence-corrected chi connectivity index (χ0v) is 10.8. The lowest BCUT2D eigenvalue weighted by atomic mass is 10.1. The number of nitrogens with zero attached hydrogens (tertiary/aromatic N) is 1. The molecule has 0 bridgehead atoms. The Hall–Kier alpha value is -1.24. The molecular formula is C11H10BrF3N2O. The SMILES string of the molecule is O=C1NCCCN1c1ccc(Br)c(C(F)(F)F)c1. The monoisotopic (exact) mass is 322 g/mol. The van der Waals surface area contributed by atoms with Gasteiger partial charge < -0.3 is 5.32 Å². The maximum Gasteiger partial charge on any atom is 0.417 e. The third kappa shape index (κ3) is 2.60. The molecule has 98 valence electrons. The molecule has 1 aromatic carbocycles. The number of halogens is 4. The fourth-order valence-corrected chi connectivity index (χ4v) is 2.25. The van der Waals surface area contributed by atoms with Gasteiger partial charge in [0.2, 0.25) is 0 Å². The lowest BCUT2D eigenvalue weighted by Crippen LogP contribution is -2.46. The first-order valence-electron chi connectivity index (χ1n) is 5.32. The minimum absolute atomic E-state index is 0.0313. The van der Waals surface area contributed by atoms with E-state index in [0.717, 1.165) is 6.07 Å². The van der Waals surface area contributed by atoms with Crippen LogP contribution < -0.4 is 10.2 Å². The Bertz CT molecular complexity index is 476. The summed E-state index contributed by atoms with van der Waals surface area (Å²) in [6.07, 6.45) is -3.73. The molecule has 3 nitrogen and oxygen atoms in total. The number of carbonyl (C=O) groups is 1. The number of hydrogen-bond acceptors (Lipinski definition) is 1. The summed E-state index contributed by atoms with van der Waals surface area (Å²) in [5, 5.41) is 2.60. The van der Waals surface area contributed by atoms with Gasteiger partial charge in [-0.1, -0.05) is 15.9 Å². The number of hydrogen-bond donors (Lipinski definition) is 1. The van der Waals surface area contributed by atoms with Gasteiger partial charge in [-0.15, -0.1) is 0 Å². The van der Waals surface area contributed by atoms with Crippen molar-refractivity contribution < 1.29 is 18.0 Å². The Morgan fingerprint density at radius 1 is 1.33 bits per heavy atom. The molecule has 0 unspecified atom stereocenters. The van der Waals surface area contributed by atoms with Crippen LogP contribution in [0.5, 0.6) is 0 Å². The van der Waals surface area contributed by atoms with E-state index in [1.165, 1.54) is 17.0 Å². The van der Waals surface area contributed by atoms with E-state index in [1.54, 1.807) is 0 Å². The normalized spacial score (nSPS) is 16.7. The Labute approximate surface area is 110 Å². The summed E-state index contributed by atoms with van der Waals surface area (Å²) in [6.45, 7) is 0.975. The Kier molecular flexibility index (Phi) is 3.52. The van der Waals surface area contributed by atoms with Gasteiger partial charge in [0.15, 0.2) is 0 Å². The first-order valence-corrected chi connectivity index (χ1v) is 6.11. The lowest BCUT2D eigenvalue weighted by Gasteiger charge is -2.28. The molecule has 0 aliphatic carbocycles. The summed E-state index contributed by atoms with van der Waals surface area (Å²) in [5.74, 6) is 0. The highest BCUT2D eigenvalue weighted by Gasteiger charge is 2.34. The van der Waals surface area contributed by atoms with Crippen LogP contribution in [0.4, 0.5) is 23.7 Å². The highest BCUT2D eigenvalue weighted by Crippen LogP contribution is 2.37. The van der Waals surface area contributed by atoms with Crippen molar-refractivity contribution in [3.8, 4) is 0 Å². The molecule has 0 aromatic heterocycles. The topological polar surface area (TPSA) is 32.3 Å². The average Bonchev–Trinajstić information content (AvgIpc) is 2.29. The summed E-state index contributed by atoms with van der Waals surface area (Å²) in [4.78, 5) is 12.9. The summed E-state index contributed by atoms with van der Waals surface area (Å²) in [7, 11) is 0. The fourth-order valence-electron chi connectivity index (χ4n) is 1.77. The molecule has 1 N–H and O–H groups in total. The molecule has 2 amide bonds. The standard InChI is InChI=1S/C11H10BrF3N2O/c12-9-3-2-7(6-8(9)11(13,14)15)17-5-1-4-16-10(17)18/h2-3,6H,1,4-5H2,(H,16,18). The predicted molar refractivity (Wildman–Crippen MR) is 64.5 cm³/mol. The van der Waals surface area contributed by atoms with Crippen LogP contribution in [0.2, 0.25) is 0 Å². The molecule has 1 aliphatic rings. The second-order valence-corrected chi connectivity index (χ2v) is 4.75. The van der Waals surface area contributed by atoms with Crippen molar-refractivity contribution in [2.75, 3.05) is 18.0 Å². The third-order valence-corrected chi connectivity index (χ3v) is 3.34. The maximum atomic E-state index is 12.7. The predicted octanol–water partition coefficient (Wildman–Crippen LogP) is 3.39. The molecule has 2 rings (SSSR count). The smallest absolute Gasteiger partial charge is 0.338 e. The Balaban J connectivity index is 2.37. The number of amides is 2. The molecule has 1 fully saturated rings. The van der Waals surface area contributed by atoms with E-state index < -0.39 is 11.7 Å². The van der Waals surface area contributed by atoms with Crippen LogP contribution in [-0.2, 0) is 6.18 Å². The summed E-state index contributed by atoms with van der Waals surface area (Å²) in [5.41, 5.74) is -0.527. The van der Waals surface area contributed by atoms with Crippen LogP contribution in [0.1, 0.15) is 12.0 Å². The van der Waals surface area contributed by atoms with Crippen molar-refractivity contribution in [1.29, 1.82) is 0 Å². The van der Waals surface area contributed by atoms with E-state index in [-0.39, 0.29) is 16.2 Å². The average molecular weight is 323 g/mol. The van der Waals surface area contributed by atoms with Crippen LogP contribution >= 0.6 is 15.9 Å². The summed E-state index contributed by atoms with van der Waals surface area (Å²) < 4.78 is 38.2. The van der Waals surface area contributed by atoms with Crippen molar-refractivity contribution in [3.05, 3.63) is 28.2 Å². The van der Waals surface area contributed by atoms with Crippen molar-refractivity contribution in [1.82, 2.24) is 5.32 Å². The molecule has 7 heteroatoms. The number of benzene rings is 1. The van der Waals surface area contributed by atoms with Crippen LogP contribution in [0.25, 0.3) is 0 Å². The van der Waals surface area contributed by atoms with E-state index in [4.69, 9.17) is 0 Å². The van der Waals surface area contributed by atoms with Crippen molar-refractivity contribution in [2.45, 2.75) is 12.6 Å². The minimum Gasteiger partial charge on any atom is -0.338 e. The second-order valence-electron chi connectivity index (χ2n) is 3.90. The van der Waals surface area contributed by atoms with E-state index in [9.17, 15) is 18.0 Å². The molecule has 1 aliphatic heterocycles. The van der Waals surface area contributed by atoms with Crippen LogP contribution in [0, 0.1) is 0 Å². The van der Waals surface area contributed by atoms with Crippen LogP contribution in [-0.4, -0.2) is 19.1 Å². The van der Waals surface area contributed by atoms with Gasteiger partial charge >= 0.3 is 12.2 Å². The highest BCUT2D eigenvalue weighted by atomic mass is 79.9. The zero-order valence-electron chi connectivity index (χ0n) is 9.22. The van der Waals surface area contributed by atoms with Crippen LogP contribution in [0.3, 0.4) is 0 Å². The number of rotatable bonds is 1. The molecular weight excluding hydrogens is 313 g/mol. The Morgan fingerprint density at radius 2 is 2.06 bits per heavy atom. The first-order chi connectivity index (χ1) is 8.39. The molecule has 0 saturated carbocycles. The van der Waals surface area contributed by atoms with Gasteiger partial charge in [0.1, 0.15) is 0 Å². The van der Waals surface area contributed by atoms with Gasteiger partial charge in [-0.25, -0.2) is 4.79 Å². The quantitative estimate of drug-likeness (QED) is 0.844. The van der Waals surface area contributed by atoms with Gasteiger partial charge in [0, 0.05) is 23.2 Å². The molecule has 18 heavy (non-hydrogen) atoms. The van der Waals surface area contributed by atoms with Crippen molar-refractivity contribution in [3.63, 3.8) is 0 Å². The zero-order chi connectivity index (χ0) is 13.3. The van der Waals surface area contributed by atoms with Gasteiger partial charge in [-0.3, -0.25) is 4.90 Å². The van der Waals surface area contributed by atoms with Gasteiger partial charge in [-0.05, 0) is 24.6 Å². The number of nitrogens with one attached hydrogen (secondary N) is 1. The summed E-state index contributed by atoms with van der Waals surface area (Å²) >= 11 is 2.87. The van der Waals surface area contributed by atoms with E-state index >= 15 is 0 Å². The first kappa shape index (κ1) is 13.2. The molecule has 0 spiro atoms. The maximum absolute atomic E-state index is 12.7. The molecule has 1 heterocycles. The number of alkyl halides is 3. The number of urea groups is 1. The van der Waals surface area contributed by atoms with Gasteiger partial charge in [-0.2, -0.15) is 13.2 Å². The fraction of sp³-hybridized carbons (Fsp3) is 0.364. The van der Waals surface area contributed by atoms with Gasteiger partial charge in [0.05, 0.1) is 5.56 Å². The minimum atomic E-state index is -4.44. The number of anilines is 1. The highest BCUT2D eigenvalue weighted by molar-refractivity contribution is 9.10. The molecule has 0 atom stereocenters. The second kappa shape index (κ2) is 4.79. The van der Waals surface area contributed by atoms with Crippen molar-refractivity contribution >= 4 is 27.6 Å². The van der Waals surface area contributed by atoms with E-state index in [0.29, 0.717) is 19.5 Å².